The summed E-state index contributed by atoms with van der Waals surface area (Å²) in [4.78, 5) is 24.9. The van der Waals surface area contributed by atoms with E-state index in [-0.39, 0.29) is 23.7 Å². The molecule has 108 valence electrons. The summed E-state index contributed by atoms with van der Waals surface area (Å²) in [6.07, 6.45) is 0. The maximum atomic E-state index is 10.8. The van der Waals surface area contributed by atoms with Crippen molar-refractivity contribution in [1.29, 1.82) is 0 Å². The quantitative estimate of drug-likeness (QED) is 0.655. The molecule has 21 heavy (non-hydrogen) atoms. The summed E-state index contributed by atoms with van der Waals surface area (Å²) in [5.74, 6) is -0.847. The average Bonchev–Trinajstić information content (AvgIpc) is 2.46. The number of nitro groups is 1. The lowest BCUT2D eigenvalue weighted by molar-refractivity contribution is -0.385. The summed E-state index contributed by atoms with van der Waals surface area (Å²) < 4.78 is 6.00. The smallest absolute Gasteiger partial charge is 0.354 e. The number of pyridine rings is 1. The Morgan fingerprint density at radius 1 is 1.38 bits per heavy atom. The molecule has 0 radical (unpaired) electrons. The first-order valence-electron chi connectivity index (χ1n) is 5.73. The summed E-state index contributed by atoms with van der Waals surface area (Å²) in [5.41, 5.74) is 0.225. The Kier molecular flexibility index (Phi) is 4.49. The number of benzene rings is 1. The molecule has 1 heterocycles. The second-order valence-electron chi connectivity index (χ2n) is 3.98. The largest absolute Gasteiger partial charge is 0.486 e. The zero-order chi connectivity index (χ0) is 15.4. The molecule has 0 fully saturated rings. The molecular weight excluding hydrogens is 344 g/mol. The Hall–Kier alpha value is -2.48. The van der Waals surface area contributed by atoms with Crippen LogP contribution in [-0.2, 0) is 6.61 Å². The number of rotatable bonds is 5. The maximum absolute atomic E-state index is 10.8. The van der Waals surface area contributed by atoms with E-state index >= 15 is 0 Å². The molecule has 0 saturated heterocycles. The third-order valence-electron chi connectivity index (χ3n) is 2.53. The highest BCUT2D eigenvalue weighted by Crippen LogP contribution is 2.29. The fraction of sp³-hybridized carbons (Fsp3) is 0.0769. The summed E-state index contributed by atoms with van der Waals surface area (Å²) in [6, 6.07) is 8.67. The van der Waals surface area contributed by atoms with Gasteiger partial charge >= 0.3 is 5.97 Å². The summed E-state index contributed by atoms with van der Waals surface area (Å²) >= 11 is 3.23. The zero-order valence-corrected chi connectivity index (χ0v) is 12.1. The number of nitrogens with zero attached hydrogens (tertiary/aromatic N) is 2. The predicted molar refractivity (Wildman–Crippen MR) is 76.3 cm³/mol. The molecule has 2 aromatic rings. The molecule has 0 amide bonds. The number of hydrogen-bond donors (Lipinski definition) is 1. The number of halogens is 1. The lowest BCUT2D eigenvalue weighted by Crippen LogP contribution is -2.05. The monoisotopic (exact) mass is 352 g/mol. The molecule has 0 atom stereocenters. The standard InChI is InChI=1S/C13H9BrN2O5/c14-10-5-4-9(16(19)20)6-12(10)21-7-8-2-1-3-11(15-8)13(17)18/h1-6H,7H2,(H,17,18). The third kappa shape index (κ3) is 3.76. The van der Waals surface area contributed by atoms with Crippen LogP contribution in [0.3, 0.4) is 0 Å². The Labute approximate surface area is 127 Å². The van der Waals surface area contributed by atoms with Crippen molar-refractivity contribution in [1.82, 2.24) is 4.98 Å². The van der Waals surface area contributed by atoms with Gasteiger partial charge in [0.2, 0.25) is 0 Å². The highest BCUT2D eigenvalue weighted by molar-refractivity contribution is 9.10. The van der Waals surface area contributed by atoms with Gasteiger partial charge in [-0.1, -0.05) is 6.07 Å². The van der Waals surface area contributed by atoms with Gasteiger partial charge in [0, 0.05) is 6.07 Å². The SMILES string of the molecule is O=C(O)c1cccc(COc2cc([N+](=O)[O-])ccc2Br)n1. The highest BCUT2D eigenvalue weighted by atomic mass is 79.9. The van der Waals surface area contributed by atoms with Crippen molar-refractivity contribution in [3.05, 3.63) is 62.4 Å². The van der Waals surface area contributed by atoms with Gasteiger partial charge in [-0.25, -0.2) is 9.78 Å². The second-order valence-corrected chi connectivity index (χ2v) is 4.83. The molecule has 1 aromatic carbocycles. The van der Waals surface area contributed by atoms with Crippen LogP contribution >= 0.6 is 15.9 Å². The predicted octanol–water partition coefficient (Wildman–Crippen LogP) is 3.03. The van der Waals surface area contributed by atoms with Crippen molar-refractivity contribution in [3.8, 4) is 5.75 Å². The lowest BCUT2D eigenvalue weighted by Gasteiger charge is -2.08. The average molecular weight is 353 g/mol. The minimum atomic E-state index is -1.13. The van der Waals surface area contributed by atoms with E-state index in [0.717, 1.165) is 0 Å². The van der Waals surface area contributed by atoms with Gasteiger partial charge in [-0.3, -0.25) is 10.1 Å². The van der Waals surface area contributed by atoms with Gasteiger partial charge in [-0.2, -0.15) is 0 Å². The first-order chi connectivity index (χ1) is 9.97. The van der Waals surface area contributed by atoms with Gasteiger partial charge in [0.25, 0.3) is 5.69 Å². The van der Waals surface area contributed by atoms with Crippen LogP contribution in [0.25, 0.3) is 0 Å². The molecule has 0 unspecified atom stereocenters. The van der Waals surface area contributed by atoms with Crippen LogP contribution in [0.1, 0.15) is 16.2 Å². The first kappa shape index (κ1) is 14.9. The van der Waals surface area contributed by atoms with Crippen molar-refractivity contribution in [2.24, 2.45) is 0 Å². The molecular formula is C13H9BrN2O5. The van der Waals surface area contributed by atoms with E-state index in [1.54, 1.807) is 12.1 Å². The van der Waals surface area contributed by atoms with Gasteiger partial charge in [0.1, 0.15) is 18.1 Å². The molecule has 0 aliphatic rings. The van der Waals surface area contributed by atoms with E-state index < -0.39 is 10.9 Å². The molecule has 0 saturated carbocycles. The van der Waals surface area contributed by atoms with Crippen LogP contribution in [-0.4, -0.2) is 21.0 Å². The van der Waals surface area contributed by atoms with E-state index in [1.165, 1.54) is 24.3 Å². The van der Waals surface area contributed by atoms with E-state index in [2.05, 4.69) is 20.9 Å². The van der Waals surface area contributed by atoms with Crippen LogP contribution in [0.15, 0.2) is 40.9 Å². The number of aromatic nitrogens is 1. The minimum Gasteiger partial charge on any atom is -0.486 e. The Bertz CT molecular complexity index is 705. The van der Waals surface area contributed by atoms with Crippen molar-refractivity contribution in [2.75, 3.05) is 0 Å². The maximum Gasteiger partial charge on any atom is 0.354 e. The molecule has 2 rings (SSSR count). The Balaban J connectivity index is 2.16. The number of carbonyl (C=O) groups is 1. The molecule has 0 aliphatic carbocycles. The molecule has 1 N–H and O–H groups in total. The zero-order valence-electron chi connectivity index (χ0n) is 10.5. The van der Waals surface area contributed by atoms with Gasteiger partial charge < -0.3 is 9.84 Å². The molecule has 8 heteroatoms. The van der Waals surface area contributed by atoms with Crippen molar-refractivity contribution >= 4 is 27.6 Å². The van der Waals surface area contributed by atoms with Crippen LogP contribution in [0, 0.1) is 10.1 Å². The molecule has 1 aromatic heterocycles. The lowest BCUT2D eigenvalue weighted by atomic mass is 10.3. The van der Waals surface area contributed by atoms with Gasteiger partial charge in [-0.15, -0.1) is 0 Å². The number of carboxylic acids is 1. The number of aromatic carboxylic acids is 1. The number of hydrogen-bond acceptors (Lipinski definition) is 5. The van der Waals surface area contributed by atoms with Crippen molar-refractivity contribution in [3.63, 3.8) is 0 Å². The normalized spacial score (nSPS) is 10.1. The molecule has 0 spiro atoms. The van der Waals surface area contributed by atoms with Gasteiger partial charge in [0.15, 0.2) is 0 Å². The van der Waals surface area contributed by atoms with Crippen LogP contribution in [0.2, 0.25) is 0 Å². The van der Waals surface area contributed by atoms with Gasteiger partial charge in [-0.05, 0) is 34.1 Å². The van der Waals surface area contributed by atoms with E-state index in [9.17, 15) is 14.9 Å². The van der Waals surface area contributed by atoms with E-state index in [4.69, 9.17) is 9.84 Å². The minimum absolute atomic E-state index is 0.000881. The molecule has 0 aliphatic heterocycles. The number of nitro benzene ring substituents is 1. The van der Waals surface area contributed by atoms with E-state index in [1.807, 2.05) is 0 Å². The fourth-order valence-electron chi connectivity index (χ4n) is 1.55. The number of non-ortho nitro benzene ring substituents is 1. The summed E-state index contributed by atoms with van der Waals surface area (Å²) in [6.45, 7) is 0.000881. The molecule has 0 bridgehead atoms. The molecule has 7 nitrogen and oxygen atoms in total. The topological polar surface area (TPSA) is 103 Å². The fourth-order valence-corrected chi connectivity index (χ4v) is 1.91. The highest BCUT2D eigenvalue weighted by Gasteiger charge is 2.11. The van der Waals surface area contributed by atoms with Crippen LogP contribution < -0.4 is 4.74 Å². The van der Waals surface area contributed by atoms with Crippen molar-refractivity contribution in [2.45, 2.75) is 6.61 Å². The first-order valence-corrected chi connectivity index (χ1v) is 6.52. The summed E-state index contributed by atoms with van der Waals surface area (Å²) in [5, 5.41) is 19.6. The van der Waals surface area contributed by atoms with Crippen LogP contribution in [0.5, 0.6) is 5.75 Å². The number of ether oxygens (including phenoxy) is 1. The van der Waals surface area contributed by atoms with Crippen molar-refractivity contribution < 1.29 is 19.6 Å². The Morgan fingerprint density at radius 2 is 2.14 bits per heavy atom. The van der Waals surface area contributed by atoms with E-state index in [0.29, 0.717) is 10.2 Å². The van der Waals surface area contributed by atoms with Crippen LogP contribution in [0.4, 0.5) is 5.69 Å². The second kappa shape index (κ2) is 6.31. The Morgan fingerprint density at radius 3 is 2.81 bits per heavy atom. The van der Waals surface area contributed by atoms with Gasteiger partial charge in [0.05, 0.1) is 21.2 Å². The third-order valence-corrected chi connectivity index (χ3v) is 3.18. The number of carboxylic acid groups (broad SMARTS) is 1. The summed E-state index contributed by atoms with van der Waals surface area (Å²) in [7, 11) is 0.